The van der Waals surface area contributed by atoms with Crippen LogP contribution in [0.2, 0.25) is 0 Å². The molecule has 3 heterocycles. The number of para-hydroxylation sites is 3. The third kappa shape index (κ3) is 4.08. The Labute approximate surface area is 204 Å². The summed E-state index contributed by atoms with van der Waals surface area (Å²) in [7, 11) is 0. The maximum absolute atomic E-state index is 14.8. The fourth-order valence-electron chi connectivity index (χ4n) is 3.96. The topological polar surface area (TPSA) is 64.6 Å². The number of carbonyl (C=O) groups excluding carboxylic acids is 1. The van der Waals surface area contributed by atoms with E-state index < -0.39 is 11.7 Å². The van der Waals surface area contributed by atoms with Crippen LogP contribution in [0.25, 0.3) is 21.5 Å². The number of hydrogen-bond donors (Lipinski definition) is 0. The summed E-state index contributed by atoms with van der Waals surface area (Å²) in [5.74, 6) is 0.516. The Hall–Kier alpha value is -4.30. The van der Waals surface area contributed by atoms with E-state index >= 15 is 0 Å². The van der Waals surface area contributed by atoms with Gasteiger partial charge in [-0.25, -0.2) is 9.37 Å². The number of fused-ring (bicyclic) bond motifs is 2. The predicted octanol–water partition coefficient (Wildman–Crippen LogP) is 6.07. The summed E-state index contributed by atoms with van der Waals surface area (Å²) in [5.41, 5.74) is 2.61. The average molecular weight is 484 g/mol. The molecular formula is C27H18FN3O3S. The molecule has 35 heavy (non-hydrogen) atoms. The first-order chi connectivity index (χ1) is 17.2. The summed E-state index contributed by atoms with van der Waals surface area (Å²) in [6, 6.07) is 23.3. The summed E-state index contributed by atoms with van der Waals surface area (Å²) >= 11 is 1.53. The first kappa shape index (κ1) is 21.2. The monoisotopic (exact) mass is 483 g/mol. The van der Waals surface area contributed by atoms with Crippen molar-refractivity contribution in [3.63, 3.8) is 0 Å². The van der Waals surface area contributed by atoms with Crippen LogP contribution in [0, 0.1) is 5.82 Å². The Morgan fingerprint density at radius 3 is 2.63 bits per heavy atom. The predicted molar refractivity (Wildman–Crippen MR) is 132 cm³/mol. The van der Waals surface area contributed by atoms with Crippen molar-refractivity contribution in [3.8, 4) is 21.9 Å². The number of thiophene rings is 1. The van der Waals surface area contributed by atoms with Crippen LogP contribution < -0.4 is 14.4 Å². The van der Waals surface area contributed by atoms with Crippen molar-refractivity contribution >= 4 is 34.0 Å². The summed E-state index contributed by atoms with van der Waals surface area (Å²) in [6.45, 7) is 0.398. The molecule has 0 N–H and O–H groups in total. The molecule has 0 atom stereocenters. The summed E-state index contributed by atoms with van der Waals surface area (Å²) in [4.78, 5) is 25.7. The largest absolute Gasteiger partial charge is 0.454 e. The Morgan fingerprint density at radius 2 is 1.74 bits per heavy atom. The van der Waals surface area contributed by atoms with Crippen molar-refractivity contribution in [1.29, 1.82) is 0 Å². The van der Waals surface area contributed by atoms with Crippen molar-refractivity contribution in [1.82, 2.24) is 9.97 Å². The number of nitrogens with zero attached hydrogens (tertiary/aromatic N) is 3. The van der Waals surface area contributed by atoms with Gasteiger partial charge < -0.3 is 9.47 Å². The van der Waals surface area contributed by atoms with Gasteiger partial charge in [0.15, 0.2) is 11.5 Å². The lowest BCUT2D eigenvalue weighted by atomic mass is 10.1. The molecule has 0 saturated heterocycles. The molecule has 172 valence electrons. The first-order valence-electron chi connectivity index (χ1n) is 10.9. The number of carbonyl (C=O) groups is 1. The van der Waals surface area contributed by atoms with Crippen LogP contribution >= 0.6 is 11.3 Å². The Morgan fingerprint density at radius 1 is 0.943 bits per heavy atom. The van der Waals surface area contributed by atoms with Crippen molar-refractivity contribution in [2.75, 3.05) is 11.7 Å². The number of hydrogen-bond acceptors (Lipinski definition) is 6. The molecule has 0 aliphatic carbocycles. The molecule has 0 fully saturated rings. The van der Waals surface area contributed by atoms with Gasteiger partial charge in [-0.3, -0.25) is 14.7 Å². The van der Waals surface area contributed by atoms with Crippen LogP contribution in [0.3, 0.4) is 0 Å². The highest BCUT2D eigenvalue weighted by Crippen LogP contribution is 2.38. The quantitative estimate of drug-likeness (QED) is 0.303. The van der Waals surface area contributed by atoms with E-state index in [4.69, 9.17) is 9.47 Å². The van der Waals surface area contributed by atoms with Gasteiger partial charge in [0.05, 0.1) is 29.5 Å². The van der Waals surface area contributed by atoms with E-state index in [2.05, 4.69) is 9.97 Å². The summed E-state index contributed by atoms with van der Waals surface area (Å²) in [6.07, 6.45) is 1.44. The van der Waals surface area contributed by atoms with Gasteiger partial charge in [-0.15, -0.1) is 11.3 Å². The minimum atomic E-state index is -0.484. The average Bonchev–Trinajstić information content (AvgIpc) is 3.56. The summed E-state index contributed by atoms with van der Waals surface area (Å²) < 4.78 is 25.7. The van der Waals surface area contributed by atoms with Crippen molar-refractivity contribution in [3.05, 3.63) is 101 Å². The molecule has 5 aromatic rings. The zero-order valence-electron chi connectivity index (χ0n) is 18.3. The molecule has 0 unspecified atom stereocenters. The molecule has 0 radical (unpaired) electrons. The minimum absolute atomic E-state index is 0.152. The number of ether oxygens (including phenoxy) is 2. The fourth-order valence-corrected chi connectivity index (χ4v) is 4.95. The van der Waals surface area contributed by atoms with Crippen LogP contribution in [0.1, 0.15) is 15.4 Å². The maximum atomic E-state index is 14.8. The van der Waals surface area contributed by atoms with Gasteiger partial charge in [-0.2, -0.15) is 0 Å². The number of halogens is 1. The van der Waals surface area contributed by atoms with Crippen LogP contribution in [0.4, 0.5) is 10.1 Å². The summed E-state index contributed by atoms with van der Waals surface area (Å²) in [5, 5.41) is 0. The third-order valence-corrected chi connectivity index (χ3v) is 6.81. The lowest BCUT2D eigenvalue weighted by Crippen LogP contribution is -2.31. The maximum Gasteiger partial charge on any atom is 0.278 e. The highest BCUT2D eigenvalue weighted by Gasteiger charge is 2.24. The van der Waals surface area contributed by atoms with Gasteiger partial charge in [0.25, 0.3) is 5.91 Å². The molecular weight excluding hydrogens is 465 g/mol. The standard InChI is InChI=1S/C27H18FN3O3S/c28-19-5-1-4-8-23(19)31(27(32)22-14-29-20-6-2-3-7-21(20)30-22)15-18-10-12-26(35-18)17-9-11-24-25(13-17)34-16-33-24/h1-14H,15-16H2. The molecule has 0 spiro atoms. The van der Waals surface area contributed by atoms with Gasteiger partial charge in [-0.1, -0.05) is 24.3 Å². The highest BCUT2D eigenvalue weighted by molar-refractivity contribution is 7.15. The second kappa shape index (κ2) is 8.81. The van der Waals surface area contributed by atoms with Crippen molar-refractivity contribution in [2.24, 2.45) is 0 Å². The molecule has 1 amide bonds. The highest BCUT2D eigenvalue weighted by atomic mass is 32.1. The van der Waals surface area contributed by atoms with E-state index in [1.54, 1.807) is 24.3 Å². The van der Waals surface area contributed by atoms with E-state index in [9.17, 15) is 9.18 Å². The molecule has 8 heteroatoms. The Kier molecular flexibility index (Phi) is 5.35. The van der Waals surface area contributed by atoms with Crippen molar-refractivity contribution in [2.45, 2.75) is 6.54 Å². The molecule has 1 aliphatic heterocycles. The molecule has 0 bridgehead atoms. The number of amides is 1. The number of rotatable bonds is 5. The smallest absolute Gasteiger partial charge is 0.278 e. The second-order valence-corrected chi connectivity index (χ2v) is 9.09. The minimum Gasteiger partial charge on any atom is -0.454 e. The molecule has 2 aromatic heterocycles. The zero-order valence-corrected chi connectivity index (χ0v) is 19.2. The Bertz CT molecular complexity index is 1570. The van der Waals surface area contributed by atoms with Gasteiger partial charge in [-0.05, 0) is 60.2 Å². The number of aromatic nitrogens is 2. The third-order valence-electron chi connectivity index (χ3n) is 5.69. The Balaban J connectivity index is 1.34. The number of benzene rings is 3. The molecule has 6 nitrogen and oxygen atoms in total. The number of anilines is 1. The zero-order chi connectivity index (χ0) is 23.8. The van der Waals surface area contributed by atoms with E-state index in [0.29, 0.717) is 16.8 Å². The van der Waals surface area contributed by atoms with E-state index in [0.717, 1.165) is 21.1 Å². The molecule has 0 saturated carbocycles. The normalized spacial score (nSPS) is 12.1. The molecule has 1 aliphatic rings. The first-order valence-corrected chi connectivity index (χ1v) is 11.7. The van der Waals surface area contributed by atoms with Gasteiger partial charge >= 0.3 is 0 Å². The van der Waals surface area contributed by atoms with Crippen LogP contribution in [0.5, 0.6) is 11.5 Å². The van der Waals surface area contributed by atoms with E-state index in [-0.39, 0.29) is 24.7 Å². The van der Waals surface area contributed by atoms with Crippen LogP contribution in [-0.4, -0.2) is 22.7 Å². The van der Waals surface area contributed by atoms with Gasteiger partial charge in [0.2, 0.25) is 6.79 Å². The molecule has 3 aromatic carbocycles. The molecule has 6 rings (SSSR count). The van der Waals surface area contributed by atoms with E-state index in [1.165, 1.54) is 28.5 Å². The van der Waals surface area contributed by atoms with Gasteiger partial charge in [0, 0.05) is 9.75 Å². The second-order valence-electron chi connectivity index (χ2n) is 7.92. The van der Waals surface area contributed by atoms with Crippen LogP contribution in [-0.2, 0) is 6.54 Å². The van der Waals surface area contributed by atoms with Crippen LogP contribution in [0.15, 0.2) is 85.1 Å². The lowest BCUT2D eigenvalue weighted by Gasteiger charge is -2.22. The fraction of sp³-hybridized carbons (Fsp3) is 0.0741. The van der Waals surface area contributed by atoms with Crippen molar-refractivity contribution < 1.29 is 18.7 Å². The van der Waals surface area contributed by atoms with Gasteiger partial charge in [0.1, 0.15) is 11.5 Å². The SMILES string of the molecule is O=C(c1cnc2ccccc2n1)N(Cc1ccc(-c2ccc3c(c2)OCO3)s1)c1ccccc1F. The lowest BCUT2D eigenvalue weighted by molar-refractivity contribution is 0.0979. The van der Waals surface area contributed by atoms with E-state index in [1.807, 2.05) is 48.5 Å².